The fourth-order valence-corrected chi connectivity index (χ4v) is 1.23. The van der Waals surface area contributed by atoms with Crippen LogP contribution in [-0.4, -0.2) is 23.1 Å². The van der Waals surface area contributed by atoms with Gasteiger partial charge in [-0.1, -0.05) is 26.7 Å². The first-order chi connectivity index (χ1) is 7.11. The maximum Gasteiger partial charge on any atom is 0.345 e. The summed E-state index contributed by atoms with van der Waals surface area (Å²) >= 11 is 0. The zero-order valence-electron chi connectivity index (χ0n) is 9.49. The van der Waals surface area contributed by atoms with Crippen molar-refractivity contribution in [3.63, 3.8) is 0 Å². The summed E-state index contributed by atoms with van der Waals surface area (Å²) in [7, 11) is 0. The van der Waals surface area contributed by atoms with Crippen molar-refractivity contribution < 1.29 is 19.4 Å². The molecule has 0 amide bonds. The molecule has 15 heavy (non-hydrogen) atoms. The second-order valence-corrected chi connectivity index (χ2v) is 3.56. The topological polar surface area (TPSA) is 63.6 Å². The molecule has 1 N–H and O–H groups in total. The van der Waals surface area contributed by atoms with Gasteiger partial charge in [-0.25, -0.2) is 4.79 Å². The molecular formula is C11H20O4. The van der Waals surface area contributed by atoms with Crippen molar-refractivity contribution in [1.29, 1.82) is 0 Å². The van der Waals surface area contributed by atoms with Gasteiger partial charge in [0, 0.05) is 6.42 Å². The standard InChI is InChI=1S/C11H20O4/c1-3-5-6-8-9(11(13)14)15-10(12)7-4-2/h9H,3-8H2,1-2H3,(H,13,14). The van der Waals surface area contributed by atoms with Gasteiger partial charge in [0.25, 0.3) is 0 Å². The number of carboxylic acids is 1. The van der Waals surface area contributed by atoms with Crippen molar-refractivity contribution in [2.24, 2.45) is 0 Å². The van der Waals surface area contributed by atoms with Gasteiger partial charge >= 0.3 is 11.9 Å². The fourth-order valence-electron chi connectivity index (χ4n) is 1.23. The Morgan fingerprint density at radius 3 is 2.33 bits per heavy atom. The van der Waals surface area contributed by atoms with Gasteiger partial charge in [-0.3, -0.25) is 4.79 Å². The summed E-state index contributed by atoms with van der Waals surface area (Å²) in [6.45, 7) is 3.90. The molecule has 0 fully saturated rings. The lowest BCUT2D eigenvalue weighted by atomic mass is 10.1. The number of aliphatic carboxylic acids is 1. The van der Waals surface area contributed by atoms with E-state index in [0.717, 1.165) is 19.3 Å². The Hall–Kier alpha value is -1.06. The third-order valence-electron chi connectivity index (χ3n) is 2.07. The van der Waals surface area contributed by atoms with Crippen LogP contribution in [0.4, 0.5) is 0 Å². The molecule has 0 saturated heterocycles. The van der Waals surface area contributed by atoms with Crippen LogP contribution in [0.3, 0.4) is 0 Å². The van der Waals surface area contributed by atoms with Crippen LogP contribution in [0, 0.1) is 0 Å². The summed E-state index contributed by atoms with van der Waals surface area (Å²) in [6.07, 6.45) is 3.20. The average Bonchev–Trinajstić information content (AvgIpc) is 2.16. The molecule has 0 saturated carbocycles. The van der Waals surface area contributed by atoms with Gasteiger partial charge in [-0.05, 0) is 19.3 Å². The molecule has 0 rings (SSSR count). The van der Waals surface area contributed by atoms with Crippen LogP contribution < -0.4 is 0 Å². The van der Waals surface area contributed by atoms with E-state index in [4.69, 9.17) is 9.84 Å². The minimum absolute atomic E-state index is 0.289. The minimum Gasteiger partial charge on any atom is -0.479 e. The minimum atomic E-state index is -1.05. The first-order valence-electron chi connectivity index (χ1n) is 5.54. The van der Waals surface area contributed by atoms with E-state index in [1.54, 1.807) is 0 Å². The molecule has 0 aliphatic carbocycles. The van der Waals surface area contributed by atoms with Crippen molar-refractivity contribution in [1.82, 2.24) is 0 Å². The van der Waals surface area contributed by atoms with Crippen molar-refractivity contribution >= 4 is 11.9 Å². The molecule has 0 aromatic heterocycles. The molecule has 0 aliphatic rings. The largest absolute Gasteiger partial charge is 0.479 e. The van der Waals surface area contributed by atoms with Crippen LogP contribution in [0.15, 0.2) is 0 Å². The third-order valence-corrected chi connectivity index (χ3v) is 2.07. The number of carboxylic acid groups (broad SMARTS) is 1. The predicted octanol–water partition coefficient (Wildman–Crippen LogP) is 2.36. The van der Waals surface area contributed by atoms with Gasteiger partial charge in [0.1, 0.15) is 0 Å². The molecule has 4 heteroatoms. The van der Waals surface area contributed by atoms with Crippen molar-refractivity contribution in [2.45, 2.75) is 58.5 Å². The molecule has 0 radical (unpaired) electrons. The highest BCUT2D eigenvalue weighted by Crippen LogP contribution is 2.08. The number of rotatable bonds is 8. The van der Waals surface area contributed by atoms with E-state index in [1.807, 2.05) is 13.8 Å². The van der Waals surface area contributed by atoms with Crippen LogP contribution >= 0.6 is 0 Å². The summed E-state index contributed by atoms with van der Waals surface area (Å²) < 4.78 is 4.86. The summed E-state index contributed by atoms with van der Waals surface area (Å²) in [4.78, 5) is 21.9. The molecule has 1 atom stereocenters. The highest BCUT2D eigenvalue weighted by molar-refractivity contribution is 5.77. The molecule has 0 aliphatic heterocycles. The maximum atomic E-state index is 11.1. The van der Waals surface area contributed by atoms with Gasteiger partial charge in [-0.15, -0.1) is 0 Å². The van der Waals surface area contributed by atoms with Gasteiger partial charge in [0.05, 0.1) is 0 Å². The van der Waals surface area contributed by atoms with Crippen molar-refractivity contribution in [3.8, 4) is 0 Å². The Kier molecular flexibility index (Phi) is 7.68. The summed E-state index contributed by atoms with van der Waals surface area (Å²) in [5.74, 6) is -1.46. The molecule has 0 aromatic carbocycles. The fraction of sp³-hybridized carbons (Fsp3) is 0.818. The van der Waals surface area contributed by atoms with E-state index in [9.17, 15) is 9.59 Å². The summed E-state index contributed by atoms with van der Waals surface area (Å²) in [6, 6.07) is 0. The average molecular weight is 216 g/mol. The van der Waals surface area contributed by atoms with Crippen LogP contribution in [0.25, 0.3) is 0 Å². The van der Waals surface area contributed by atoms with Crippen LogP contribution in [-0.2, 0) is 14.3 Å². The predicted molar refractivity (Wildman–Crippen MR) is 56.6 cm³/mol. The molecule has 0 spiro atoms. The molecule has 0 aromatic rings. The number of hydrogen-bond acceptors (Lipinski definition) is 3. The first-order valence-corrected chi connectivity index (χ1v) is 5.54. The summed E-state index contributed by atoms with van der Waals surface area (Å²) in [5.41, 5.74) is 0. The number of esters is 1. The molecular weight excluding hydrogens is 196 g/mol. The van der Waals surface area contributed by atoms with Crippen LogP contribution in [0.5, 0.6) is 0 Å². The lowest BCUT2D eigenvalue weighted by Gasteiger charge is -2.12. The van der Waals surface area contributed by atoms with E-state index >= 15 is 0 Å². The van der Waals surface area contributed by atoms with Crippen molar-refractivity contribution in [2.75, 3.05) is 0 Å². The zero-order valence-corrected chi connectivity index (χ0v) is 9.49. The van der Waals surface area contributed by atoms with E-state index in [-0.39, 0.29) is 6.42 Å². The SMILES string of the molecule is CCCCCC(OC(=O)CCC)C(=O)O. The van der Waals surface area contributed by atoms with E-state index in [2.05, 4.69) is 0 Å². The summed E-state index contributed by atoms with van der Waals surface area (Å²) in [5, 5.41) is 8.81. The lowest BCUT2D eigenvalue weighted by molar-refractivity contribution is -0.164. The second kappa shape index (κ2) is 8.26. The Morgan fingerprint density at radius 2 is 1.87 bits per heavy atom. The molecule has 4 nitrogen and oxygen atoms in total. The zero-order chi connectivity index (χ0) is 11.7. The van der Waals surface area contributed by atoms with Gasteiger partial charge in [-0.2, -0.15) is 0 Å². The van der Waals surface area contributed by atoms with E-state index in [1.165, 1.54) is 0 Å². The maximum absolute atomic E-state index is 11.1. The van der Waals surface area contributed by atoms with E-state index < -0.39 is 18.0 Å². The van der Waals surface area contributed by atoms with Gasteiger partial charge in [0.2, 0.25) is 0 Å². The number of ether oxygens (including phenoxy) is 1. The molecule has 0 heterocycles. The van der Waals surface area contributed by atoms with Gasteiger partial charge < -0.3 is 9.84 Å². The Balaban J connectivity index is 3.93. The Morgan fingerprint density at radius 1 is 1.20 bits per heavy atom. The quantitative estimate of drug-likeness (QED) is 0.499. The number of hydrogen-bond donors (Lipinski definition) is 1. The molecule has 1 unspecified atom stereocenters. The smallest absolute Gasteiger partial charge is 0.345 e. The Labute approximate surface area is 90.6 Å². The van der Waals surface area contributed by atoms with Crippen LogP contribution in [0.2, 0.25) is 0 Å². The normalized spacial score (nSPS) is 12.1. The third kappa shape index (κ3) is 6.94. The molecule has 88 valence electrons. The van der Waals surface area contributed by atoms with Crippen molar-refractivity contribution in [3.05, 3.63) is 0 Å². The monoisotopic (exact) mass is 216 g/mol. The highest BCUT2D eigenvalue weighted by atomic mass is 16.6. The van der Waals surface area contributed by atoms with Crippen LogP contribution in [0.1, 0.15) is 52.4 Å². The number of carbonyl (C=O) groups excluding carboxylic acids is 1. The highest BCUT2D eigenvalue weighted by Gasteiger charge is 2.20. The van der Waals surface area contributed by atoms with E-state index in [0.29, 0.717) is 12.8 Å². The Bertz CT molecular complexity index is 201. The number of carbonyl (C=O) groups is 2. The lowest BCUT2D eigenvalue weighted by Crippen LogP contribution is -2.26. The first kappa shape index (κ1) is 13.9. The number of unbranched alkanes of at least 4 members (excludes halogenated alkanes) is 2. The molecule has 0 bridgehead atoms. The second-order valence-electron chi connectivity index (χ2n) is 3.56. The van der Waals surface area contributed by atoms with Gasteiger partial charge in [0.15, 0.2) is 6.10 Å².